The van der Waals surface area contributed by atoms with Gasteiger partial charge in [-0.3, -0.25) is 4.79 Å². The van der Waals surface area contributed by atoms with Gasteiger partial charge in [-0.15, -0.1) is 0 Å². The summed E-state index contributed by atoms with van der Waals surface area (Å²) in [7, 11) is 0. The number of nitrogens with zero attached hydrogens (tertiary/aromatic N) is 1. The van der Waals surface area contributed by atoms with Crippen LogP contribution < -0.4 is 5.32 Å². The minimum absolute atomic E-state index is 0.0540. The molecule has 1 fully saturated rings. The Morgan fingerprint density at radius 3 is 2.70 bits per heavy atom. The predicted octanol–water partition coefficient (Wildman–Crippen LogP) is 5.12. The van der Waals surface area contributed by atoms with Crippen LogP contribution in [0.1, 0.15) is 55.8 Å². The van der Waals surface area contributed by atoms with Crippen LogP contribution in [0, 0.1) is 5.92 Å². The lowest BCUT2D eigenvalue weighted by atomic mass is 10.0. The molecule has 2 aromatic rings. The number of hydrogen-bond acceptors (Lipinski definition) is 1. The van der Waals surface area contributed by atoms with Gasteiger partial charge in [0, 0.05) is 34.7 Å². The van der Waals surface area contributed by atoms with Gasteiger partial charge in [0.1, 0.15) is 0 Å². The first-order chi connectivity index (χ1) is 11.2. The number of aryl methyl sites for hydroxylation is 1. The van der Waals surface area contributed by atoms with E-state index in [-0.39, 0.29) is 5.91 Å². The van der Waals surface area contributed by atoms with Gasteiger partial charge in [-0.05, 0) is 37.8 Å². The molecule has 0 spiro atoms. The number of aromatic nitrogens is 1. The van der Waals surface area contributed by atoms with Crippen LogP contribution in [0.15, 0.2) is 28.9 Å². The lowest BCUT2D eigenvalue weighted by Crippen LogP contribution is -2.29. The molecular formula is C19H25BrN2O. The summed E-state index contributed by atoms with van der Waals surface area (Å²) >= 11 is 3.60. The van der Waals surface area contributed by atoms with Crippen LogP contribution in [-0.4, -0.2) is 17.0 Å². The first kappa shape index (κ1) is 16.6. The number of nitrogens with one attached hydrogen (secondary N) is 1. The fourth-order valence-corrected chi connectivity index (χ4v) is 4.21. The Hall–Kier alpha value is -1.29. The van der Waals surface area contributed by atoms with Crippen molar-refractivity contribution in [3.8, 4) is 0 Å². The summed E-state index contributed by atoms with van der Waals surface area (Å²) in [5, 5.41) is 4.20. The van der Waals surface area contributed by atoms with Gasteiger partial charge in [-0.2, -0.15) is 0 Å². The fraction of sp³-hybridized carbons (Fsp3) is 0.526. The highest BCUT2D eigenvalue weighted by atomic mass is 79.9. The van der Waals surface area contributed by atoms with Gasteiger partial charge in [0.25, 0.3) is 5.91 Å². The number of fused-ring (bicyclic) bond motifs is 1. The van der Waals surface area contributed by atoms with E-state index in [9.17, 15) is 4.79 Å². The van der Waals surface area contributed by atoms with Crippen molar-refractivity contribution in [2.24, 2.45) is 5.92 Å². The maximum absolute atomic E-state index is 12.7. The molecule has 0 aliphatic heterocycles. The SMILES string of the molecule is CCn1cc(C(=O)NCC2CCCCCC2)c2c(Br)cccc21. The van der Waals surface area contributed by atoms with Crippen molar-refractivity contribution >= 4 is 32.7 Å². The third kappa shape index (κ3) is 3.63. The molecule has 4 heteroatoms. The van der Waals surface area contributed by atoms with Crippen LogP contribution >= 0.6 is 15.9 Å². The smallest absolute Gasteiger partial charge is 0.253 e. The number of hydrogen-bond donors (Lipinski definition) is 1. The topological polar surface area (TPSA) is 34.0 Å². The summed E-state index contributed by atoms with van der Waals surface area (Å²) in [6.45, 7) is 3.78. The molecule has 1 saturated carbocycles. The second-order valence-corrected chi connectivity index (χ2v) is 7.38. The van der Waals surface area contributed by atoms with E-state index in [2.05, 4.69) is 38.8 Å². The van der Waals surface area contributed by atoms with Gasteiger partial charge in [0.05, 0.1) is 5.56 Å². The molecule has 0 bridgehead atoms. The molecule has 0 unspecified atom stereocenters. The van der Waals surface area contributed by atoms with Crippen molar-refractivity contribution in [1.29, 1.82) is 0 Å². The predicted molar refractivity (Wildman–Crippen MR) is 98.8 cm³/mol. The Kier molecular flexibility index (Phi) is 5.42. The minimum atomic E-state index is 0.0540. The van der Waals surface area contributed by atoms with E-state index in [1.165, 1.54) is 38.5 Å². The first-order valence-electron chi connectivity index (χ1n) is 8.76. The molecule has 23 heavy (non-hydrogen) atoms. The molecule has 1 aliphatic carbocycles. The van der Waals surface area contributed by atoms with Crippen molar-refractivity contribution in [2.45, 2.75) is 52.0 Å². The third-order valence-electron chi connectivity index (χ3n) is 4.97. The van der Waals surface area contributed by atoms with Crippen LogP contribution in [0.5, 0.6) is 0 Å². The van der Waals surface area contributed by atoms with E-state index in [4.69, 9.17) is 0 Å². The van der Waals surface area contributed by atoms with E-state index in [0.29, 0.717) is 5.92 Å². The Labute approximate surface area is 146 Å². The lowest BCUT2D eigenvalue weighted by molar-refractivity contribution is 0.0947. The highest BCUT2D eigenvalue weighted by molar-refractivity contribution is 9.10. The van der Waals surface area contributed by atoms with Crippen molar-refractivity contribution in [1.82, 2.24) is 9.88 Å². The van der Waals surface area contributed by atoms with Gasteiger partial charge >= 0.3 is 0 Å². The summed E-state index contributed by atoms with van der Waals surface area (Å²) < 4.78 is 3.13. The molecule has 124 valence electrons. The zero-order valence-corrected chi connectivity index (χ0v) is 15.4. The van der Waals surface area contributed by atoms with Gasteiger partial charge in [-0.25, -0.2) is 0 Å². The zero-order chi connectivity index (χ0) is 16.2. The maximum Gasteiger partial charge on any atom is 0.253 e. The lowest BCUT2D eigenvalue weighted by Gasteiger charge is -2.14. The summed E-state index contributed by atoms with van der Waals surface area (Å²) in [5.41, 5.74) is 1.89. The van der Waals surface area contributed by atoms with Gasteiger partial charge in [-0.1, -0.05) is 47.7 Å². The number of halogens is 1. The number of carbonyl (C=O) groups is 1. The average Bonchev–Trinajstić information content (AvgIpc) is 2.75. The van der Waals surface area contributed by atoms with Crippen molar-refractivity contribution in [2.75, 3.05) is 6.54 Å². The van der Waals surface area contributed by atoms with Gasteiger partial charge in [0.2, 0.25) is 0 Å². The Bertz CT molecular complexity index is 684. The summed E-state index contributed by atoms with van der Waals surface area (Å²) in [6, 6.07) is 6.10. The van der Waals surface area contributed by atoms with Gasteiger partial charge in [0.15, 0.2) is 0 Å². The Balaban J connectivity index is 1.78. The van der Waals surface area contributed by atoms with Gasteiger partial charge < -0.3 is 9.88 Å². The molecule has 3 nitrogen and oxygen atoms in total. The monoisotopic (exact) mass is 376 g/mol. The normalized spacial score (nSPS) is 16.4. The molecule has 1 amide bonds. The highest BCUT2D eigenvalue weighted by Crippen LogP contribution is 2.29. The maximum atomic E-state index is 12.7. The molecule has 1 aromatic carbocycles. The molecule has 1 N–H and O–H groups in total. The molecule has 0 radical (unpaired) electrons. The molecule has 0 saturated heterocycles. The fourth-order valence-electron chi connectivity index (χ4n) is 3.64. The molecule has 1 aliphatic rings. The zero-order valence-electron chi connectivity index (χ0n) is 13.8. The Morgan fingerprint density at radius 1 is 1.26 bits per heavy atom. The van der Waals surface area contributed by atoms with Crippen molar-refractivity contribution in [3.05, 3.63) is 34.4 Å². The van der Waals surface area contributed by atoms with Crippen LogP contribution in [0.4, 0.5) is 0 Å². The second kappa shape index (κ2) is 7.52. The summed E-state index contributed by atoms with van der Waals surface area (Å²) in [5.74, 6) is 0.697. The number of rotatable bonds is 4. The second-order valence-electron chi connectivity index (χ2n) is 6.53. The third-order valence-corrected chi connectivity index (χ3v) is 5.63. The first-order valence-corrected chi connectivity index (χ1v) is 9.55. The van der Waals surface area contributed by atoms with E-state index in [1.54, 1.807) is 0 Å². The van der Waals surface area contributed by atoms with Crippen molar-refractivity contribution in [3.63, 3.8) is 0 Å². The molecular weight excluding hydrogens is 352 g/mol. The van der Waals surface area contributed by atoms with Crippen LogP contribution in [0.2, 0.25) is 0 Å². The molecule has 1 heterocycles. The number of benzene rings is 1. The van der Waals surface area contributed by atoms with Crippen LogP contribution in [-0.2, 0) is 6.54 Å². The minimum Gasteiger partial charge on any atom is -0.352 e. The molecule has 0 atom stereocenters. The average molecular weight is 377 g/mol. The van der Waals surface area contributed by atoms with Crippen LogP contribution in [0.25, 0.3) is 10.9 Å². The standard InChI is InChI=1S/C19H25BrN2O/c1-2-22-13-15(18-16(20)10-7-11-17(18)22)19(23)21-12-14-8-5-3-4-6-9-14/h7,10-11,13-14H,2-6,8-9,12H2,1H3,(H,21,23). The van der Waals surface area contributed by atoms with E-state index < -0.39 is 0 Å². The van der Waals surface area contributed by atoms with E-state index >= 15 is 0 Å². The quantitative estimate of drug-likeness (QED) is 0.737. The van der Waals surface area contributed by atoms with E-state index in [1.807, 2.05) is 18.3 Å². The summed E-state index contributed by atoms with van der Waals surface area (Å²) in [6.07, 6.45) is 9.80. The Morgan fingerprint density at radius 2 is 2.00 bits per heavy atom. The summed E-state index contributed by atoms with van der Waals surface area (Å²) in [4.78, 5) is 12.7. The van der Waals surface area contributed by atoms with E-state index in [0.717, 1.165) is 34.0 Å². The number of carbonyl (C=O) groups excluding carboxylic acids is 1. The number of amides is 1. The molecule has 1 aromatic heterocycles. The largest absolute Gasteiger partial charge is 0.352 e. The molecule has 3 rings (SSSR count). The van der Waals surface area contributed by atoms with Crippen LogP contribution in [0.3, 0.4) is 0 Å². The van der Waals surface area contributed by atoms with Crippen molar-refractivity contribution < 1.29 is 4.79 Å². The highest BCUT2D eigenvalue weighted by Gasteiger charge is 2.18.